The van der Waals surface area contributed by atoms with E-state index in [1.165, 1.54) is 4.31 Å². The minimum atomic E-state index is -3.60. The van der Waals surface area contributed by atoms with E-state index in [0.29, 0.717) is 18.8 Å². The van der Waals surface area contributed by atoms with E-state index in [1.807, 2.05) is 50.2 Å². The first-order valence-corrected chi connectivity index (χ1v) is 12.2. The summed E-state index contributed by atoms with van der Waals surface area (Å²) in [6, 6.07) is 14.3. The average Bonchev–Trinajstić information content (AvgIpc) is 2.72. The van der Waals surface area contributed by atoms with Crippen LogP contribution in [0.3, 0.4) is 0 Å². The van der Waals surface area contributed by atoms with Crippen LogP contribution in [-0.4, -0.2) is 39.8 Å². The van der Waals surface area contributed by atoms with Gasteiger partial charge in [0, 0.05) is 6.54 Å². The molecule has 7 heteroatoms. The van der Waals surface area contributed by atoms with Gasteiger partial charge in [-0.05, 0) is 68.5 Å². The third-order valence-electron chi connectivity index (χ3n) is 4.86. The minimum absolute atomic E-state index is 0.313. The zero-order valence-corrected chi connectivity index (χ0v) is 19.0. The number of benzene rings is 2. The molecule has 0 radical (unpaired) electrons. The van der Waals surface area contributed by atoms with E-state index >= 15 is 0 Å². The molecule has 0 aliphatic carbocycles. The first-order chi connectivity index (χ1) is 14.3. The largest absolute Gasteiger partial charge is 0.494 e. The number of nitrogens with one attached hydrogen (secondary N) is 1. The topological polar surface area (TPSA) is 75.7 Å². The average molecular weight is 433 g/mol. The molecule has 0 fully saturated rings. The number of carbonyl (C=O) groups is 1. The Morgan fingerprint density at radius 2 is 1.63 bits per heavy atom. The summed E-state index contributed by atoms with van der Waals surface area (Å²) in [4.78, 5) is 12.6. The predicted molar refractivity (Wildman–Crippen MR) is 122 cm³/mol. The first kappa shape index (κ1) is 23.7. The molecule has 0 spiro atoms. The molecule has 30 heavy (non-hydrogen) atoms. The van der Waals surface area contributed by atoms with Crippen molar-refractivity contribution in [2.75, 3.05) is 23.7 Å². The van der Waals surface area contributed by atoms with Gasteiger partial charge in [-0.2, -0.15) is 0 Å². The Morgan fingerprint density at radius 3 is 2.17 bits per heavy atom. The van der Waals surface area contributed by atoms with Crippen molar-refractivity contribution in [1.82, 2.24) is 5.32 Å². The quantitative estimate of drug-likeness (QED) is 0.551. The van der Waals surface area contributed by atoms with Crippen molar-refractivity contribution in [3.63, 3.8) is 0 Å². The number of ether oxygens (including phenoxy) is 1. The van der Waals surface area contributed by atoms with Crippen molar-refractivity contribution in [2.24, 2.45) is 0 Å². The van der Waals surface area contributed by atoms with Crippen LogP contribution < -0.4 is 14.4 Å². The molecule has 6 nitrogen and oxygen atoms in total. The molecule has 0 aliphatic heterocycles. The summed E-state index contributed by atoms with van der Waals surface area (Å²) in [7, 11) is -3.60. The number of nitrogens with zero attached hydrogens (tertiary/aromatic N) is 1. The molecule has 0 bridgehead atoms. The number of hydrogen-bond acceptors (Lipinski definition) is 4. The highest BCUT2D eigenvalue weighted by Crippen LogP contribution is 2.21. The van der Waals surface area contributed by atoms with E-state index in [0.717, 1.165) is 42.4 Å². The van der Waals surface area contributed by atoms with E-state index < -0.39 is 16.1 Å². The predicted octanol–water partition coefficient (Wildman–Crippen LogP) is 3.55. The first-order valence-electron chi connectivity index (χ1n) is 10.3. The zero-order chi connectivity index (χ0) is 22.1. The maximum Gasteiger partial charge on any atom is 0.243 e. The summed E-state index contributed by atoms with van der Waals surface area (Å²) in [5.41, 5.74) is 2.76. The Balaban J connectivity index is 1.93. The monoisotopic (exact) mass is 432 g/mol. The molecule has 1 N–H and O–H groups in total. The summed E-state index contributed by atoms with van der Waals surface area (Å²) in [5, 5.41) is 2.86. The molecule has 1 amide bonds. The second-order valence-corrected chi connectivity index (χ2v) is 9.09. The number of amides is 1. The summed E-state index contributed by atoms with van der Waals surface area (Å²) in [6.45, 7) is 6.70. The molecule has 0 aliphatic rings. The molecule has 2 aromatic rings. The fraction of sp³-hybridized carbons (Fsp3) is 0.435. The van der Waals surface area contributed by atoms with Gasteiger partial charge < -0.3 is 10.1 Å². The highest BCUT2D eigenvalue weighted by molar-refractivity contribution is 7.92. The van der Waals surface area contributed by atoms with Crippen molar-refractivity contribution in [2.45, 2.75) is 46.1 Å². The number of aryl methyl sites for hydroxylation is 2. The molecule has 0 saturated heterocycles. The van der Waals surface area contributed by atoms with Crippen molar-refractivity contribution < 1.29 is 17.9 Å². The van der Waals surface area contributed by atoms with E-state index in [1.54, 1.807) is 19.1 Å². The van der Waals surface area contributed by atoms with Crippen LogP contribution in [0.15, 0.2) is 48.5 Å². The van der Waals surface area contributed by atoms with Crippen LogP contribution >= 0.6 is 0 Å². The number of anilines is 1. The summed E-state index contributed by atoms with van der Waals surface area (Å²) < 4.78 is 31.3. The zero-order valence-electron chi connectivity index (χ0n) is 18.2. The van der Waals surface area contributed by atoms with Crippen LogP contribution in [0.25, 0.3) is 0 Å². The van der Waals surface area contributed by atoms with E-state index in [-0.39, 0.29) is 5.91 Å². The van der Waals surface area contributed by atoms with Gasteiger partial charge in [0.15, 0.2) is 0 Å². The molecule has 0 aromatic heterocycles. The van der Waals surface area contributed by atoms with Crippen molar-refractivity contribution >= 4 is 21.6 Å². The molecular formula is C23H32N2O4S. The Hall–Kier alpha value is -2.54. The fourth-order valence-corrected chi connectivity index (χ4v) is 4.43. The lowest BCUT2D eigenvalue weighted by molar-refractivity contribution is -0.121. The SMILES string of the molecule is CCOc1ccc(CCCNC(=O)[C@H](C)N(c2ccc(CC)cc2)S(C)(=O)=O)cc1. The molecule has 0 unspecified atom stereocenters. The van der Waals surface area contributed by atoms with E-state index in [4.69, 9.17) is 4.74 Å². The Labute approximate surface area is 180 Å². The molecule has 0 heterocycles. The standard InChI is InChI=1S/C23H32N2O4S/c1-5-19-9-13-21(14-10-19)25(30(4,27)28)18(3)23(26)24-17-7-8-20-11-15-22(16-12-20)29-6-2/h9-16,18H,5-8,17H2,1-4H3,(H,24,26)/t18-/m0/s1. The van der Waals surface area contributed by atoms with Crippen molar-refractivity contribution in [3.05, 3.63) is 59.7 Å². The highest BCUT2D eigenvalue weighted by atomic mass is 32.2. The van der Waals surface area contributed by atoms with Gasteiger partial charge in [0.25, 0.3) is 0 Å². The van der Waals surface area contributed by atoms with Gasteiger partial charge in [0.05, 0.1) is 18.6 Å². The van der Waals surface area contributed by atoms with Gasteiger partial charge in [-0.3, -0.25) is 9.10 Å². The van der Waals surface area contributed by atoms with Gasteiger partial charge in [0.1, 0.15) is 11.8 Å². The fourth-order valence-electron chi connectivity index (χ4n) is 3.26. The number of carbonyl (C=O) groups excluding carboxylic acids is 1. The lowest BCUT2D eigenvalue weighted by atomic mass is 10.1. The maximum atomic E-state index is 12.6. The number of hydrogen-bond donors (Lipinski definition) is 1. The van der Waals surface area contributed by atoms with E-state index in [9.17, 15) is 13.2 Å². The maximum absolute atomic E-state index is 12.6. The van der Waals surface area contributed by atoms with Crippen LogP contribution in [0.2, 0.25) is 0 Å². The summed E-state index contributed by atoms with van der Waals surface area (Å²) in [6.07, 6.45) is 3.56. The van der Waals surface area contributed by atoms with Gasteiger partial charge >= 0.3 is 0 Å². The lowest BCUT2D eigenvalue weighted by Crippen LogP contribution is -2.48. The van der Waals surface area contributed by atoms with Gasteiger partial charge in [0.2, 0.25) is 15.9 Å². The highest BCUT2D eigenvalue weighted by Gasteiger charge is 2.28. The summed E-state index contributed by atoms with van der Waals surface area (Å²) in [5.74, 6) is 0.530. The van der Waals surface area contributed by atoms with Crippen LogP contribution in [0.4, 0.5) is 5.69 Å². The van der Waals surface area contributed by atoms with Crippen molar-refractivity contribution in [3.8, 4) is 5.75 Å². The lowest BCUT2D eigenvalue weighted by Gasteiger charge is -2.28. The molecule has 2 rings (SSSR count). The Kier molecular flexibility index (Phi) is 8.72. The minimum Gasteiger partial charge on any atom is -0.494 e. The van der Waals surface area contributed by atoms with Crippen molar-refractivity contribution in [1.29, 1.82) is 0 Å². The molecule has 2 aromatic carbocycles. The Morgan fingerprint density at radius 1 is 1.03 bits per heavy atom. The van der Waals surface area contributed by atoms with Gasteiger partial charge in [-0.25, -0.2) is 8.42 Å². The third kappa shape index (κ3) is 6.76. The van der Waals surface area contributed by atoms with Crippen LogP contribution in [0, 0.1) is 0 Å². The molecule has 1 atom stereocenters. The summed E-state index contributed by atoms with van der Waals surface area (Å²) >= 11 is 0. The second-order valence-electron chi connectivity index (χ2n) is 7.23. The normalized spacial score (nSPS) is 12.3. The molecular weight excluding hydrogens is 400 g/mol. The van der Waals surface area contributed by atoms with E-state index in [2.05, 4.69) is 5.32 Å². The molecule has 0 saturated carbocycles. The second kappa shape index (κ2) is 11.0. The van der Waals surface area contributed by atoms with Crippen LogP contribution in [-0.2, 0) is 27.7 Å². The Bertz CT molecular complexity index is 909. The molecule has 164 valence electrons. The van der Waals surface area contributed by atoms with Gasteiger partial charge in [-0.15, -0.1) is 0 Å². The van der Waals surface area contributed by atoms with Crippen LogP contribution in [0.5, 0.6) is 5.75 Å². The van der Waals surface area contributed by atoms with Gasteiger partial charge in [-0.1, -0.05) is 31.2 Å². The van der Waals surface area contributed by atoms with Crippen LogP contribution in [0.1, 0.15) is 38.3 Å². The third-order valence-corrected chi connectivity index (χ3v) is 6.11. The smallest absolute Gasteiger partial charge is 0.243 e. The number of sulfonamides is 1. The number of rotatable bonds is 11.